The molecule has 0 unspecified atom stereocenters. The summed E-state index contributed by atoms with van der Waals surface area (Å²) in [5, 5.41) is 37.0. The van der Waals surface area contributed by atoms with E-state index in [-0.39, 0.29) is 17.6 Å². The van der Waals surface area contributed by atoms with E-state index in [9.17, 15) is 0 Å². The van der Waals surface area contributed by atoms with Crippen LogP contribution in [0.25, 0.3) is 11.1 Å². The van der Waals surface area contributed by atoms with Crippen molar-refractivity contribution in [2.75, 3.05) is 0 Å². The van der Waals surface area contributed by atoms with Gasteiger partial charge in [-0.2, -0.15) is 21.0 Å². The molecule has 1 aromatic rings. The Morgan fingerprint density at radius 2 is 1.45 bits per heavy atom. The van der Waals surface area contributed by atoms with Crippen molar-refractivity contribution in [3.05, 3.63) is 40.5 Å². The number of hydrogen-bond acceptors (Lipinski definition) is 4. The lowest BCUT2D eigenvalue weighted by molar-refractivity contribution is 1.41. The number of rotatable bonds is 0. The fourth-order valence-corrected chi connectivity index (χ4v) is 3.73. The average molecular weight is 528 g/mol. The van der Waals surface area contributed by atoms with Crippen molar-refractivity contribution in [1.82, 2.24) is 0 Å². The minimum Gasteiger partial charge on any atom is -0.192 e. The molecule has 4 nitrogen and oxygen atoms in total. The summed E-state index contributed by atoms with van der Waals surface area (Å²) < 4.78 is 1.69. The van der Waals surface area contributed by atoms with Crippen molar-refractivity contribution in [3.8, 4) is 24.3 Å². The molecular formula is C15H3ClI2N4. The molecule has 7 heteroatoms. The summed E-state index contributed by atoms with van der Waals surface area (Å²) in [4.78, 5) is 0. The Labute approximate surface area is 159 Å². The molecule has 0 heterocycles. The topological polar surface area (TPSA) is 95.2 Å². The molecule has 2 rings (SSSR count). The second-order valence-corrected chi connectivity index (χ2v) is 6.86. The van der Waals surface area contributed by atoms with E-state index in [1.165, 1.54) is 0 Å². The number of fused-ring (bicyclic) bond motifs is 1. The lowest BCUT2D eigenvalue weighted by Gasteiger charge is -2.08. The Balaban J connectivity index is 3.01. The molecule has 0 aliphatic heterocycles. The van der Waals surface area contributed by atoms with Crippen LogP contribution in [0.15, 0.2) is 17.2 Å². The number of nitrogens with zero attached hydrogens (tertiary/aromatic N) is 4. The molecule has 0 spiro atoms. The van der Waals surface area contributed by atoms with Crippen LogP contribution in [-0.2, 0) is 0 Å². The Bertz CT molecular complexity index is 899. The van der Waals surface area contributed by atoms with Crippen LogP contribution >= 0.6 is 56.8 Å². The summed E-state index contributed by atoms with van der Waals surface area (Å²) in [6, 6.07) is 9.28. The fraction of sp³-hybridized carbons (Fsp3) is 0.0667. The number of hydrogen-bond donors (Lipinski definition) is 0. The Kier molecular flexibility index (Phi) is 5.08. The first kappa shape index (κ1) is 16.8. The molecule has 22 heavy (non-hydrogen) atoms. The van der Waals surface area contributed by atoms with E-state index in [0.717, 1.165) is 7.14 Å². The SMILES string of the molecule is N#CC(C#N)=C1CC(=C(C#N)C#N)c2c1cc(I)c(I)c2Cl. The lowest BCUT2D eigenvalue weighted by atomic mass is 10.0. The van der Waals surface area contributed by atoms with Crippen molar-refractivity contribution in [1.29, 1.82) is 21.0 Å². The molecule has 1 aliphatic carbocycles. The third-order valence-electron chi connectivity index (χ3n) is 3.19. The molecule has 0 amide bonds. The van der Waals surface area contributed by atoms with E-state index in [1.807, 2.05) is 30.3 Å². The van der Waals surface area contributed by atoms with Gasteiger partial charge in [-0.3, -0.25) is 0 Å². The van der Waals surface area contributed by atoms with Gasteiger partial charge in [0, 0.05) is 19.1 Å². The Morgan fingerprint density at radius 1 is 0.955 bits per heavy atom. The first-order valence-electron chi connectivity index (χ1n) is 5.75. The quantitative estimate of drug-likeness (QED) is 0.280. The summed E-state index contributed by atoms with van der Waals surface area (Å²) in [5.41, 5.74) is 2.12. The van der Waals surface area contributed by atoms with E-state index in [4.69, 9.17) is 32.6 Å². The summed E-state index contributed by atoms with van der Waals surface area (Å²) >= 11 is 10.6. The molecule has 104 valence electrons. The van der Waals surface area contributed by atoms with Gasteiger partial charge in [0.2, 0.25) is 0 Å². The number of nitriles is 4. The van der Waals surface area contributed by atoms with Gasteiger partial charge in [-0.05, 0) is 68.0 Å². The van der Waals surface area contributed by atoms with Crippen molar-refractivity contribution < 1.29 is 0 Å². The van der Waals surface area contributed by atoms with Gasteiger partial charge in [-0.25, -0.2) is 0 Å². The summed E-state index contributed by atoms with van der Waals surface area (Å²) in [5.74, 6) is 0. The number of allylic oxidation sites excluding steroid dienone is 4. The van der Waals surface area contributed by atoms with Crippen LogP contribution in [0, 0.1) is 52.5 Å². The van der Waals surface area contributed by atoms with E-state index in [1.54, 1.807) is 0 Å². The summed E-state index contributed by atoms with van der Waals surface area (Å²) in [7, 11) is 0. The smallest absolute Gasteiger partial charge is 0.133 e. The third kappa shape index (κ3) is 2.59. The minimum atomic E-state index is -0.0506. The van der Waals surface area contributed by atoms with Crippen molar-refractivity contribution in [2.24, 2.45) is 0 Å². The molecule has 0 atom stereocenters. The maximum Gasteiger partial charge on any atom is 0.133 e. The summed E-state index contributed by atoms with van der Waals surface area (Å²) in [6.07, 6.45) is 0.179. The maximum atomic E-state index is 9.14. The van der Waals surface area contributed by atoms with Crippen molar-refractivity contribution >= 4 is 67.9 Å². The van der Waals surface area contributed by atoms with Crippen LogP contribution in [0.1, 0.15) is 17.5 Å². The van der Waals surface area contributed by atoms with Crippen LogP contribution < -0.4 is 0 Å². The third-order valence-corrected chi connectivity index (χ3v) is 6.89. The van der Waals surface area contributed by atoms with Gasteiger partial charge in [0.1, 0.15) is 35.4 Å². The van der Waals surface area contributed by atoms with Gasteiger partial charge in [0.15, 0.2) is 0 Å². The fourth-order valence-electron chi connectivity index (χ4n) is 2.24. The van der Waals surface area contributed by atoms with Crippen LogP contribution in [-0.4, -0.2) is 0 Å². The van der Waals surface area contributed by atoms with E-state index < -0.39 is 0 Å². The highest BCUT2D eigenvalue weighted by Crippen LogP contribution is 2.48. The normalized spacial score (nSPS) is 11.8. The molecule has 1 aliphatic rings. The highest BCUT2D eigenvalue weighted by Gasteiger charge is 2.31. The van der Waals surface area contributed by atoms with Crippen molar-refractivity contribution in [3.63, 3.8) is 0 Å². The molecule has 0 aromatic heterocycles. The van der Waals surface area contributed by atoms with Gasteiger partial charge in [0.25, 0.3) is 0 Å². The van der Waals surface area contributed by atoms with E-state index >= 15 is 0 Å². The first-order chi connectivity index (χ1) is 10.5. The van der Waals surface area contributed by atoms with Gasteiger partial charge < -0.3 is 0 Å². The van der Waals surface area contributed by atoms with Gasteiger partial charge in [-0.15, -0.1) is 0 Å². The highest BCUT2D eigenvalue weighted by molar-refractivity contribution is 14.1. The molecule has 0 radical (unpaired) electrons. The highest BCUT2D eigenvalue weighted by atomic mass is 127. The van der Waals surface area contributed by atoms with E-state index in [2.05, 4.69) is 45.2 Å². The Morgan fingerprint density at radius 3 is 1.95 bits per heavy atom. The van der Waals surface area contributed by atoms with E-state index in [0.29, 0.717) is 27.3 Å². The van der Waals surface area contributed by atoms with Crippen LogP contribution in [0.3, 0.4) is 0 Å². The zero-order chi connectivity index (χ0) is 16.4. The standard InChI is InChI=1S/C15H3ClI2N4/c16-14-13-10(8(5-21)6-22)1-9(7(3-19)4-20)11(13)2-12(17)15(14)18/h2H,1H2. The predicted octanol–water partition coefficient (Wildman–Crippen LogP) is 4.55. The molecule has 0 saturated heterocycles. The van der Waals surface area contributed by atoms with Crippen LogP contribution in [0.2, 0.25) is 5.02 Å². The zero-order valence-electron chi connectivity index (χ0n) is 10.7. The first-order valence-corrected chi connectivity index (χ1v) is 8.28. The largest absolute Gasteiger partial charge is 0.192 e. The molecule has 1 aromatic carbocycles. The molecule has 0 fully saturated rings. The van der Waals surface area contributed by atoms with Crippen molar-refractivity contribution in [2.45, 2.75) is 6.42 Å². The number of halogens is 3. The van der Waals surface area contributed by atoms with Crippen LogP contribution in [0.5, 0.6) is 0 Å². The van der Waals surface area contributed by atoms with Gasteiger partial charge >= 0.3 is 0 Å². The molecule has 0 N–H and O–H groups in total. The molecular weight excluding hydrogens is 525 g/mol. The predicted molar refractivity (Wildman–Crippen MR) is 97.8 cm³/mol. The molecule has 0 saturated carbocycles. The van der Waals surface area contributed by atoms with Crippen LogP contribution in [0.4, 0.5) is 0 Å². The second kappa shape index (κ2) is 6.67. The van der Waals surface area contributed by atoms with Gasteiger partial charge in [0.05, 0.1) is 5.02 Å². The second-order valence-electron chi connectivity index (χ2n) is 4.24. The maximum absolute atomic E-state index is 9.14. The monoisotopic (exact) mass is 528 g/mol. The lowest BCUT2D eigenvalue weighted by Crippen LogP contribution is -1.93. The average Bonchev–Trinajstić information content (AvgIpc) is 2.87. The Hall–Kier alpha value is -1.59. The zero-order valence-corrected chi connectivity index (χ0v) is 15.8. The van der Waals surface area contributed by atoms with Gasteiger partial charge in [-0.1, -0.05) is 11.6 Å². The minimum absolute atomic E-state index is 0.0282. The number of benzene rings is 1. The summed E-state index contributed by atoms with van der Waals surface area (Å²) in [6.45, 7) is 0. The molecule has 0 bridgehead atoms.